The lowest BCUT2D eigenvalue weighted by atomic mass is 9.99. The molecule has 0 aliphatic heterocycles. The van der Waals surface area contributed by atoms with Crippen molar-refractivity contribution in [3.05, 3.63) is 34.2 Å². The fourth-order valence-corrected chi connectivity index (χ4v) is 2.52. The van der Waals surface area contributed by atoms with Crippen molar-refractivity contribution in [2.75, 3.05) is 0 Å². The zero-order valence-electron chi connectivity index (χ0n) is 12.1. The average molecular weight is 261 g/mol. The first kappa shape index (κ1) is 13.9. The minimum Gasteiger partial charge on any atom is -0.307 e. The fourth-order valence-electron chi connectivity index (χ4n) is 2.52. The van der Waals surface area contributed by atoms with Crippen LogP contribution in [0.15, 0.2) is 23.0 Å². The molecule has 1 aromatic carbocycles. The van der Waals surface area contributed by atoms with Crippen LogP contribution in [-0.2, 0) is 0 Å². The zero-order valence-corrected chi connectivity index (χ0v) is 12.1. The third-order valence-electron chi connectivity index (χ3n) is 3.75. The van der Waals surface area contributed by atoms with Crippen LogP contribution in [0.2, 0.25) is 0 Å². The molecule has 104 valence electrons. The number of aromatic nitrogens is 2. The second kappa shape index (κ2) is 5.61. The molecule has 1 aromatic heterocycles. The van der Waals surface area contributed by atoms with Gasteiger partial charge in [-0.15, -0.1) is 0 Å². The largest absolute Gasteiger partial charge is 0.323 e. The van der Waals surface area contributed by atoms with Crippen LogP contribution in [0.3, 0.4) is 0 Å². The van der Waals surface area contributed by atoms with Gasteiger partial charge in [0.15, 0.2) is 0 Å². The molecule has 3 N–H and O–H groups in total. The van der Waals surface area contributed by atoms with Gasteiger partial charge in [-0.1, -0.05) is 26.8 Å². The van der Waals surface area contributed by atoms with E-state index in [1.165, 1.54) is 5.56 Å². The van der Waals surface area contributed by atoms with E-state index >= 15 is 0 Å². The van der Waals surface area contributed by atoms with E-state index in [1.807, 2.05) is 12.1 Å². The topological polar surface area (TPSA) is 60.7 Å². The van der Waals surface area contributed by atoms with Crippen LogP contribution in [0, 0.1) is 5.92 Å². The Bertz CT molecular complexity index is 597. The van der Waals surface area contributed by atoms with E-state index in [0.29, 0.717) is 12.0 Å². The molecule has 0 aliphatic rings. The SMILES string of the molecule is CCC(NC(C)c1ccc2[nH]c(=O)[nH]c2c1)C(C)C. The maximum atomic E-state index is 11.3. The van der Waals surface area contributed by atoms with Crippen LogP contribution in [0.4, 0.5) is 0 Å². The monoisotopic (exact) mass is 261 g/mol. The summed E-state index contributed by atoms with van der Waals surface area (Å²) >= 11 is 0. The first-order chi connectivity index (χ1) is 9.01. The molecule has 1 heterocycles. The van der Waals surface area contributed by atoms with Gasteiger partial charge in [-0.05, 0) is 37.0 Å². The zero-order chi connectivity index (χ0) is 14.0. The van der Waals surface area contributed by atoms with Gasteiger partial charge in [0.25, 0.3) is 0 Å². The van der Waals surface area contributed by atoms with E-state index < -0.39 is 0 Å². The van der Waals surface area contributed by atoms with E-state index in [-0.39, 0.29) is 11.7 Å². The van der Waals surface area contributed by atoms with Crippen molar-refractivity contribution in [2.45, 2.75) is 46.2 Å². The Labute approximate surface area is 113 Å². The van der Waals surface area contributed by atoms with Gasteiger partial charge in [-0.2, -0.15) is 0 Å². The van der Waals surface area contributed by atoms with Gasteiger partial charge >= 0.3 is 5.69 Å². The first-order valence-electron chi connectivity index (χ1n) is 6.99. The number of nitrogens with one attached hydrogen (secondary N) is 3. The number of fused-ring (bicyclic) bond motifs is 1. The Balaban J connectivity index is 2.20. The fraction of sp³-hybridized carbons (Fsp3) is 0.533. The van der Waals surface area contributed by atoms with Crippen molar-refractivity contribution in [3.8, 4) is 0 Å². The number of benzene rings is 1. The minimum absolute atomic E-state index is 0.152. The number of hydrogen-bond acceptors (Lipinski definition) is 2. The third-order valence-corrected chi connectivity index (χ3v) is 3.75. The predicted molar refractivity (Wildman–Crippen MR) is 79.4 cm³/mol. The molecular formula is C15H23N3O. The Morgan fingerprint density at radius 2 is 1.84 bits per heavy atom. The lowest BCUT2D eigenvalue weighted by Crippen LogP contribution is -2.35. The van der Waals surface area contributed by atoms with E-state index in [2.05, 4.69) is 49.0 Å². The normalized spacial score (nSPS) is 15.0. The quantitative estimate of drug-likeness (QED) is 0.775. The summed E-state index contributed by atoms with van der Waals surface area (Å²) in [6.07, 6.45) is 1.12. The second-order valence-corrected chi connectivity index (χ2v) is 5.53. The van der Waals surface area contributed by atoms with Crippen LogP contribution >= 0.6 is 0 Å². The molecule has 2 rings (SSSR count). The molecule has 2 unspecified atom stereocenters. The van der Waals surface area contributed by atoms with E-state index in [4.69, 9.17) is 0 Å². The molecule has 19 heavy (non-hydrogen) atoms. The molecule has 2 aromatic rings. The summed E-state index contributed by atoms with van der Waals surface area (Å²) in [5.41, 5.74) is 2.77. The van der Waals surface area contributed by atoms with E-state index in [0.717, 1.165) is 17.5 Å². The van der Waals surface area contributed by atoms with E-state index in [1.54, 1.807) is 0 Å². The molecular weight excluding hydrogens is 238 g/mol. The highest BCUT2D eigenvalue weighted by molar-refractivity contribution is 5.75. The van der Waals surface area contributed by atoms with Gasteiger partial charge < -0.3 is 15.3 Å². The van der Waals surface area contributed by atoms with Gasteiger partial charge in [-0.3, -0.25) is 0 Å². The summed E-state index contributed by atoms with van der Waals surface area (Å²) in [4.78, 5) is 16.8. The molecule has 0 bridgehead atoms. The summed E-state index contributed by atoms with van der Waals surface area (Å²) in [6, 6.07) is 6.84. The first-order valence-corrected chi connectivity index (χ1v) is 6.99. The maximum Gasteiger partial charge on any atom is 0.323 e. The standard InChI is InChI=1S/C15H23N3O/c1-5-12(9(2)3)16-10(4)11-6-7-13-14(8-11)18-15(19)17-13/h6-10,12,16H,5H2,1-4H3,(H2,17,18,19). The van der Waals surface area contributed by atoms with Crippen LogP contribution in [0.5, 0.6) is 0 Å². The third kappa shape index (κ3) is 3.07. The average Bonchev–Trinajstić information content (AvgIpc) is 2.74. The second-order valence-electron chi connectivity index (χ2n) is 5.53. The summed E-state index contributed by atoms with van der Waals surface area (Å²) in [5, 5.41) is 3.65. The lowest BCUT2D eigenvalue weighted by Gasteiger charge is -2.25. The lowest BCUT2D eigenvalue weighted by molar-refractivity contribution is 0.356. The van der Waals surface area contributed by atoms with Crippen LogP contribution < -0.4 is 11.0 Å². The number of aromatic amines is 2. The van der Waals surface area contributed by atoms with Gasteiger partial charge in [0, 0.05) is 12.1 Å². The highest BCUT2D eigenvalue weighted by Crippen LogP contribution is 2.19. The summed E-state index contributed by atoms with van der Waals surface area (Å²) < 4.78 is 0. The number of imidazole rings is 1. The maximum absolute atomic E-state index is 11.3. The molecule has 0 saturated heterocycles. The van der Waals surface area contributed by atoms with Crippen molar-refractivity contribution < 1.29 is 0 Å². The number of rotatable bonds is 5. The number of hydrogen-bond donors (Lipinski definition) is 3. The smallest absolute Gasteiger partial charge is 0.307 e. The molecule has 0 fully saturated rings. The van der Waals surface area contributed by atoms with Gasteiger partial charge in [0.1, 0.15) is 0 Å². The van der Waals surface area contributed by atoms with E-state index in [9.17, 15) is 4.79 Å². The van der Waals surface area contributed by atoms with Crippen molar-refractivity contribution in [1.82, 2.24) is 15.3 Å². The Morgan fingerprint density at radius 3 is 2.47 bits per heavy atom. The molecule has 4 heteroatoms. The Hall–Kier alpha value is -1.55. The summed E-state index contributed by atoms with van der Waals surface area (Å²) in [5.74, 6) is 0.614. The van der Waals surface area contributed by atoms with Gasteiger partial charge in [-0.25, -0.2) is 4.79 Å². The van der Waals surface area contributed by atoms with Crippen molar-refractivity contribution >= 4 is 11.0 Å². The molecule has 4 nitrogen and oxygen atoms in total. The predicted octanol–water partition coefficient (Wildman–Crippen LogP) is 2.94. The molecule has 2 atom stereocenters. The van der Waals surface area contributed by atoms with Crippen LogP contribution in [0.1, 0.15) is 45.7 Å². The van der Waals surface area contributed by atoms with Crippen molar-refractivity contribution in [2.24, 2.45) is 5.92 Å². The molecule has 0 amide bonds. The molecule has 0 radical (unpaired) electrons. The van der Waals surface area contributed by atoms with Crippen molar-refractivity contribution in [3.63, 3.8) is 0 Å². The van der Waals surface area contributed by atoms with Gasteiger partial charge in [0.2, 0.25) is 0 Å². The van der Waals surface area contributed by atoms with Crippen molar-refractivity contribution in [1.29, 1.82) is 0 Å². The van der Waals surface area contributed by atoms with Crippen LogP contribution in [-0.4, -0.2) is 16.0 Å². The number of H-pyrrole nitrogens is 2. The molecule has 0 saturated carbocycles. The molecule has 0 aliphatic carbocycles. The van der Waals surface area contributed by atoms with Gasteiger partial charge in [0.05, 0.1) is 11.0 Å². The highest BCUT2D eigenvalue weighted by atomic mass is 16.1. The minimum atomic E-state index is -0.152. The summed E-state index contributed by atoms with van der Waals surface area (Å²) in [7, 11) is 0. The Kier molecular flexibility index (Phi) is 4.10. The summed E-state index contributed by atoms with van der Waals surface area (Å²) in [6.45, 7) is 8.84. The molecule has 0 spiro atoms. The highest BCUT2D eigenvalue weighted by Gasteiger charge is 2.15. The van der Waals surface area contributed by atoms with Crippen LogP contribution in [0.25, 0.3) is 11.0 Å². The Morgan fingerprint density at radius 1 is 1.16 bits per heavy atom.